The Hall–Kier alpha value is -2.11. The summed E-state index contributed by atoms with van der Waals surface area (Å²) in [6.45, 7) is 1.87. The fraction of sp³-hybridized carbons (Fsp3) is 0.300. The van der Waals surface area contributed by atoms with Crippen LogP contribution in [0.5, 0.6) is 0 Å². The van der Waals surface area contributed by atoms with Gasteiger partial charge in [-0.1, -0.05) is 0 Å². The lowest BCUT2D eigenvalue weighted by Gasteiger charge is -1.97. The zero-order valence-corrected chi connectivity index (χ0v) is 9.08. The Morgan fingerprint density at radius 3 is 2.81 bits per heavy atom. The van der Waals surface area contributed by atoms with Gasteiger partial charge in [-0.3, -0.25) is 9.78 Å². The van der Waals surface area contributed by atoms with Gasteiger partial charge in [0.1, 0.15) is 0 Å². The molecule has 0 saturated heterocycles. The summed E-state index contributed by atoms with van der Waals surface area (Å²) in [6, 6.07) is 3.55. The molecule has 2 aromatic rings. The van der Waals surface area contributed by atoms with E-state index < -0.39 is 0 Å². The van der Waals surface area contributed by atoms with E-state index >= 15 is 0 Å². The summed E-state index contributed by atoms with van der Waals surface area (Å²) in [5.74, 6) is 0.369. The van der Waals surface area contributed by atoms with Gasteiger partial charge in [0.25, 0.3) is 0 Å². The van der Waals surface area contributed by atoms with Crippen molar-refractivity contribution in [2.24, 2.45) is 7.05 Å². The van der Waals surface area contributed by atoms with Gasteiger partial charge >= 0.3 is 0 Å². The molecule has 0 aromatic carbocycles. The van der Waals surface area contributed by atoms with Gasteiger partial charge in [0, 0.05) is 17.5 Å². The van der Waals surface area contributed by atoms with E-state index in [4.69, 9.17) is 0 Å². The number of tetrazole rings is 1. The molecular formula is C10H11N5O. The molecule has 0 atom stereocenters. The van der Waals surface area contributed by atoms with E-state index in [0.717, 1.165) is 5.69 Å². The molecule has 2 heterocycles. The number of ketones is 1. The van der Waals surface area contributed by atoms with E-state index in [9.17, 15) is 4.79 Å². The van der Waals surface area contributed by atoms with Crippen LogP contribution in [0, 0.1) is 6.92 Å². The van der Waals surface area contributed by atoms with Gasteiger partial charge in [-0.2, -0.15) is 4.80 Å². The van der Waals surface area contributed by atoms with Gasteiger partial charge in [-0.15, -0.1) is 10.2 Å². The van der Waals surface area contributed by atoms with Crippen LogP contribution in [0.4, 0.5) is 0 Å². The van der Waals surface area contributed by atoms with E-state index in [2.05, 4.69) is 20.4 Å². The number of pyridine rings is 1. The molecule has 0 bridgehead atoms. The molecule has 6 nitrogen and oxygen atoms in total. The van der Waals surface area contributed by atoms with E-state index in [1.54, 1.807) is 25.4 Å². The monoisotopic (exact) mass is 217 g/mol. The van der Waals surface area contributed by atoms with Crippen molar-refractivity contribution in [3.63, 3.8) is 0 Å². The molecule has 82 valence electrons. The molecule has 0 unspecified atom stereocenters. The molecule has 0 aliphatic carbocycles. The minimum absolute atomic E-state index is 0.0551. The lowest BCUT2D eigenvalue weighted by Crippen LogP contribution is -2.06. The van der Waals surface area contributed by atoms with Crippen molar-refractivity contribution in [2.75, 3.05) is 0 Å². The lowest BCUT2D eigenvalue weighted by atomic mass is 10.1. The fourth-order valence-electron chi connectivity index (χ4n) is 1.27. The molecule has 0 radical (unpaired) electrons. The average Bonchev–Trinajstić information content (AvgIpc) is 2.65. The first kappa shape index (κ1) is 10.4. The van der Waals surface area contributed by atoms with Gasteiger partial charge < -0.3 is 0 Å². The normalized spacial score (nSPS) is 10.4. The van der Waals surface area contributed by atoms with Crippen LogP contribution in [0.15, 0.2) is 18.3 Å². The number of nitrogens with zero attached hydrogens (tertiary/aromatic N) is 5. The Bertz CT molecular complexity index is 502. The van der Waals surface area contributed by atoms with Gasteiger partial charge in [0.2, 0.25) is 0 Å². The maximum absolute atomic E-state index is 11.8. The number of hydrogen-bond acceptors (Lipinski definition) is 5. The molecule has 0 fully saturated rings. The van der Waals surface area contributed by atoms with Gasteiger partial charge in [0.05, 0.1) is 13.5 Å². The summed E-state index contributed by atoms with van der Waals surface area (Å²) in [5.41, 5.74) is 1.45. The third-order valence-corrected chi connectivity index (χ3v) is 2.10. The number of hydrogen-bond donors (Lipinski definition) is 0. The van der Waals surface area contributed by atoms with Crippen LogP contribution in [0.1, 0.15) is 21.9 Å². The van der Waals surface area contributed by atoms with Crippen LogP contribution >= 0.6 is 0 Å². The highest BCUT2D eigenvalue weighted by Gasteiger charge is 2.10. The summed E-state index contributed by atoms with van der Waals surface area (Å²) in [7, 11) is 1.66. The maximum Gasteiger partial charge on any atom is 0.182 e. The summed E-state index contributed by atoms with van der Waals surface area (Å²) < 4.78 is 0. The summed E-state index contributed by atoms with van der Waals surface area (Å²) in [4.78, 5) is 17.2. The lowest BCUT2D eigenvalue weighted by molar-refractivity contribution is 0.0990. The first-order valence-electron chi connectivity index (χ1n) is 4.84. The van der Waals surface area contributed by atoms with Gasteiger partial charge in [0.15, 0.2) is 11.6 Å². The molecule has 16 heavy (non-hydrogen) atoms. The van der Waals surface area contributed by atoms with Gasteiger partial charge in [-0.25, -0.2) is 0 Å². The van der Waals surface area contributed by atoms with Crippen molar-refractivity contribution in [1.82, 2.24) is 25.2 Å². The molecule has 0 saturated carbocycles. The Morgan fingerprint density at radius 1 is 1.44 bits per heavy atom. The van der Waals surface area contributed by atoms with E-state index in [-0.39, 0.29) is 12.2 Å². The molecule has 0 aliphatic rings. The second-order valence-electron chi connectivity index (χ2n) is 3.48. The number of aryl methyl sites for hydroxylation is 2. The quantitative estimate of drug-likeness (QED) is 0.693. The highest BCUT2D eigenvalue weighted by atomic mass is 16.1. The Kier molecular flexibility index (Phi) is 2.72. The standard InChI is InChI=1S/C10H11N5O/c1-7-3-4-8(6-11-7)9(16)5-10-12-14-15(2)13-10/h3-4,6H,5H2,1-2H3. The number of Topliss-reactive ketones (excluding diaryl/α,β-unsaturated/α-hetero) is 1. The maximum atomic E-state index is 11.8. The largest absolute Gasteiger partial charge is 0.294 e. The minimum atomic E-state index is -0.0551. The predicted octanol–water partition coefficient (Wildman–Crippen LogP) is 0.339. The number of carbonyl (C=O) groups is 1. The Balaban J connectivity index is 2.11. The van der Waals surface area contributed by atoms with Crippen LogP contribution < -0.4 is 0 Å². The Labute approximate surface area is 92.3 Å². The molecule has 2 aromatic heterocycles. The van der Waals surface area contributed by atoms with Crippen molar-refractivity contribution in [3.05, 3.63) is 35.4 Å². The minimum Gasteiger partial charge on any atom is -0.294 e. The molecular weight excluding hydrogens is 206 g/mol. The fourth-order valence-corrected chi connectivity index (χ4v) is 1.27. The van der Waals surface area contributed by atoms with Gasteiger partial charge in [-0.05, 0) is 24.3 Å². The first-order chi connectivity index (χ1) is 7.65. The molecule has 0 spiro atoms. The smallest absolute Gasteiger partial charge is 0.182 e. The highest BCUT2D eigenvalue weighted by Crippen LogP contribution is 2.03. The Morgan fingerprint density at radius 2 is 2.25 bits per heavy atom. The van der Waals surface area contributed by atoms with E-state index in [0.29, 0.717) is 11.4 Å². The van der Waals surface area contributed by atoms with Crippen molar-refractivity contribution >= 4 is 5.78 Å². The second kappa shape index (κ2) is 4.18. The molecule has 6 heteroatoms. The van der Waals surface area contributed by atoms with Crippen LogP contribution in [-0.2, 0) is 13.5 Å². The number of aromatic nitrogens is 5. The first-order valence-corrected chi connectivity index (χ1v) is 4.84. The van der Waals surface area contributed by atoms with Crippen molar-refractivity contribution in [1.29, 1.82) is 0 Å². The molecule has 0 amide bonds. The van der Waals surface area contributed by atoms with E-state index in [1.165, 1.54) is 4.80 Å². The molecule has 0 aliphatic heterocycles. The summed E-state index contributed by atoms with van der Waals surface area (Å²) in [6.07, 6.45) is 1.71. The zero-order chi connectivity index (χ0) is 11.5. The second-order valence-corrected chi connectivity index (χ2v) is 3.48. The van der Waals surface area contributed by atoms with Crippen molar-refractivity contribution < 1.29 is 4.79 Å². The number of rotatable bonds is 3. The topological polar surface area (TPSA) is 73.6 Å². The third-order valence-electron chi connectivity index (χ3n) is 2.10. The van der Waals surface area contributed by atoms with Crippen molar-refractivity contribution in [2.45, 2.75) is 13.3 Å². The zero-order valence-electron chi connectivity index (χ0n) is 9.08. The summed E-state index contributed by atoms with van der Waals surface area (Å²) in [5, 5.41) is 11.4. The molecule has 0 N–H and O–H groups in total. The highest BCUT2D eigenvalue weighted by molar-refractivity contribution is 5.96. The number of carbonyl (C=O) groups excluding carboxylic acids is 1. The van der Waals surface area contributed by atoms with Crippen molar-refractivity contribution in [3.8, 4) is 0 Å². The van der Waals surface area contributed by atoms with Crippen LogP contribution in [-0.4, -0.2) is 31.0 Å². The summed E-state index contributed by atoms with van der Waals surface area (Å²) >= 11 is 0. The average molecular weight is 217 g/mol. The molecule has 2 rings (SSSR count). The third kappa shape index (κ3) is 2.28. The SMILES string of the molecule is Cc1ccc(C(=O)Cc2nnn(C)n2)cn1. The van der Waals surface area contributed by atoms with Crippen LogP contribution in [0.2, 0.25) is 0 Å². The predicted molar refractivity (Wildman–Crippen MR) is 55.8 cm³/mol. The van der Waals surface area contributed by atoms with E-state index in [1.807, 2.05) is 6.92 Å². The van der Waals surface area contributed by atoms with Crippen LogP contribution in [0.25, 0.3) is 0 Å². The van der Waals surface area contributed by atoms with Crippen LogP contribution in [0.3, 0.4) is 0 Å².